The summed E-state index contributed by atoms with van der Waals surface area (Å²) in [4.78, 5) is 23.0. The van der Waals surface area contributed by atoms with Crippen molar-refractivity contribution >= 4 is 11.8 Å². The Morgan fingerprint density at radius 1 is 1.17 bits per heavy atom. The Bertz CT molecular complexity index is 398. The smallest absolute Gasteiger partial charge is 0.379 e. The van der Waals surface area contributed by atoms with Crippen LogP contribution in [0.15, 0.2) is 43.0 Å². The predicted molar refractivity (Wildman–Crippen MR) is 67.4 cm³/mol. The predicted octanol–water partition coefficient (Wildman–Crippen LogP) is 2.01. The van der Waals surface area contributed by atoms with E-state index in [2.05, 4.69) is 6.58 Å². The van der Waals surface area contributed by atoms with Crippen molar-refractivity contribution in [3.05, 3.63) is 48.6 Å². The minimum atomic E-state index is -0.829. The van der Waals surface area contributed by atoms with E-state index in [9.17, 15) is 9.59 Å². The molecule has 0 aliphatic carbocycles. The molecule has 0 fully saturated rings. The molecular weight excluding hydrogens is 232 g/mol. The van der Waals surface area contributed by atoms with Crippen molar-refractivity contribution < 1.29 is 19.1 Å². The summed E-state index contributed by atoms with van der Waals surface area (Å²) in [7, 11) is 0. The maximum Gasteiger partial charge on any atom is 0.379 e. The van der Waals surface area contributed by atoms with Crippen LogP contribution in [0.1, 0.15) is 16.8 Å². The third kappa shape index (κ3) is 4.93. The van der Waals surface area contributed by atoms with Gasteiger partial charge in [0.1, 0.15) is 0 Å². The van der Waals surface area contributed by atoms with Crippen molar-refractivity contribution in [3.63, 3.8) is 0 Å². The maximum atomic E-state index is 11.6. The van der Waals surface area contributed by atoms with Gasteiger partial charge in [-0.2, -0.15) is 0 Å². The lowest BCUT2D eigenvalue weighted by Crippen LogP contribution is -2.18. The van der Waals surface area contributed by atoms with E-state index in [4.69, 9.17) is 9.47 Å². The summed E-state index contributed by atoms with van der Waals surface area (Å²) in [6, 6.07) is 8.33. The topological polar surface area (TPSA) is 52.6 Å². The highest BCUT2D eigenvalue weighted by Gasteiger charge is 2.16. The minimum absolute atomic E-state index is 0.175. The van der Waals surface area contributed by atoms with Crippen molar-refractivity contribution in [1.29, 1.82) is 0 Å². The molecule has 0 bridgehead atoms. The van der Waals surface area contributed by atoms with E-state index < -0.39 is 11.8 Å². The van der Waals surface area contributed by atoms with E-state index in [1.54, 1.807) is 36.4 Å². The normalized spacial score (nSPS) is 9.78. The van der Waals surface area contributed by atoms with Crippen molar-refractivity contribution in [2.24, 2.45) is 0 Å². The van der Waals surface area contributed by atoms with Crippen molar-refractivity contribution in [3.8, 4) is 0 Å². The molecule has 0 unspecified atom stereocenters. The average molecular weight is 248 g/mol. The molecule has 0 aromatic heterocycles. The van der Waals surface area contributed by atoms with Crippen LogP contribution in [0, 0.1) is 0 Å². The van der Waals surface area contributed by atoms with Crippen LogP contribution in [0.3, 0.4) is 0 Å². The number of esters is 1. The summed E-state index contributed by atoms with van der Waals surface area (Å²) in [5.41, 5.74) is 0.338. The van der Waals surface area contributed by atoms with E-state index >= 15 is 0 Å². The first kappa shape index (κ1) is 14.1. The summed E-state index contributed by atoms with van der Waals surface area (Å²) in [6.07, 6.45) is 2.20. The van der Waals surface area contributed by atoms with E-state index in [0.717, 1.165) is 0 Å². The van der Waals surface area contributed by atoms with Gasteiger partial charge in [0.2, 0.25) is 0 Å². The van der Waals surface area contributed by atoms with Crippen LogP contribution >= 0.6 is 0 Å². The maximum absolute atomic E-state index is 11.6. The SMILES string of the molecule is C=CCOCCCOC(=O)C(=O)c1ccccc1. The molecular formula is C14H16O4. The highest BCUT2D eigenvalue weighted by molar-refractivity contribution is 6.40. The molecule has 0 N–H and O–H groups in total. The molecule has 4 heteroatoms. The zero-order valence-corrected chi connectivity index (χ0v) is 10.1. The van der Waals surface area contributed by atoms with Crippen molar-refractivity contribution in [1.82, 2.24) is 0 Å². The number of benzene rings is 1. The van der Waals surface area contributed by atoms with Gasteiger partial charge in [0.05, 0.1) is 19.8 Å². The molecule has 18 heavy (non-hydrogen) atoms. The lowest BCUT2D eigenvalue weighted by Gasteiger charge is -2.04. The van der Waals surface area contributed by atoms with Gasteiger partial charge in [0, 0.05) is 12.0 Å². The van der Waals surface area contributed by atoms with Crippen molar-refractivity contribution in [2.45, 2.75) is 6.42 Å². The fourth-order valence-electron chi connectivity index (χ4n) is 1.27. The molecule has 1 rings (SSSR count). The fourth-order valence-corrected chi connectivity index (χ4v) is 1.27. The van der Waals surface area contributed by atoms with Crippen LogP contribution in [0.5, 0.6) is 0 Å². The summed E-state index contributed by atoms with van der Waals surface area (Å²) >= 11 is 0. The van der Waals surface area contributed by atoms with E-state index in [1.807, 2.05) is 0 Å². The average Bonchev–Trinajstić information content (AvgIpc) is 2.42. The molecule has 4 nitrogen and oxygen atoms in total. The molecule has 96 valence electrons. The summed E-state index contributed by atoms with van der Waals surface area (Å²) in [5.74, 6) is -1.45. The third-order valence-corrected chi connectivity index (χ3v) is 2.12. The molecule has 0 spiro atoms. The number of ketones is 1. The van der Waals surface area contributed by atoms with Crippen molar-refractivity contribution in [2.75, 3.05) is 19.8 Å². The first-order valence-corrected chi connectivity index (χ1v) is 5.71. The Balaban J connectivity index is 2.25. The molecule has 0 heterocycles. The molecule has 1 aromatic carbocycles. The Labute approximate surface area is 106 Å². The fraction of sp³-hybridized carbons (Fsp3) is 0.286. The van der Waals surface area contributed by atoms with Gasteiger partial charge >= 0.3 is 5.97 Å². The van der Waals surface area contributed by atoms with Gasteiger partial charge in [-0.25, -0.2) is 4.79 Å². The van der Waals surface area contributed by atoms with Gasteiger partial charge < -0.3 is 9.47 Å². The van der Waals surface area contributed by atoms with Gasteiger partial charge in [-0.1, -0.05) is 36.4 Å². The van der Waals surface area contributed by atoms with Crippen LogP contribution in [0.2, 0.25) is 0 Å². The molecule has 0 saturated carbocycles. The molecule has 0 saturated heterocycles. The second-order valence-corrected chi connectivity index (χ2v) is 3.55. The standard InChI is InChI=1S/C14H16O4/c1-2-9-17-10-6-11-18-14(16)13(15)12-7-4-3-5-8-12/h2-5,7-8H,1,6,9-11H2. The van der Waals surface area contributed by atoms with Gasteiger partial charge in [0.25, 0.3) is 5.78 Å². The number of hydrogen-bond acceptors (Lipinski definition) is 4. The highest BCUT2D eigenvalue weighted by atomic mass is 16.5. The number of hydrogen-bond donors (Lipinski definition) is 0. The number of carbonyl (C=O) groups excluding carboxylic acids is 2. The zero-order chi connectivity index (χ0) is 13.2. The number of rotatable bonds is 8. The zero-order valence-electron chi connectivity index (χ0n) is 10.1. The quantitative estimate of drug-likeness (QED) is 0.232. The Morgan fingerprint density at radius 3 is 2.56 bits per heavy atom. The summed E-state index contributed by atoms with van der Waals surface area (Å²) in [5, 5.41) is 0. The molecule has 0 aliphatic heterocycles. The molecule has 0 atom stereocenters. The molecule has 1 aromatic rings. The summed E-state index contributed by atoms with van der Waals surface area (Å²) < 4.78 is 9.96. The molecule has 0 aliphatic rings. The van der Waals surface area contributed by atoms with Gasteiger partial charge in [-0.15, -0.1) is 6.58 Å². The lowest BCUT2D eigenvalue weighted by molar-refractivity contribution is -0.138. The van der Waals surface area contributed by atoms with E-state index in [-0.39, 0.29) is 6.61 Å². The van der Waals surface area contributed by atoms with Gasteiger partial charge in [0.15, 0.2) is 0 Å². The highest BCUT2D eigenvalue weighted by Crippen LogP contribution is 2.01. The molecule has 0 radical (unpaired) electrons. The first-order valence-electron chi connectivity index (χ1n) is 5.71. The van der Waals surface area contributed by atoms with Crippen LogP contribution in [0.4, 0.5) is 0 Å². The van der Waals surface area contributed by atoms with Gasteiger partial charge in [-0.3, -0.25) is 4.79 Å². The second-order valence-electron chi connectivity index (χ2n) is 3.55. The van der Waals surface area contributed by atoms with Crippen LogP contribution in [0.25, 0.3) is 0 Å². The Kier molecular flexibility index (Phi) is 6.43. The largest absolute Gasteiger partial charge is 0.460 e. The Morgan fingerprint density at radius 2 is 1.89 bits per heavy atom. The number of carbonyl (C=O) groups is 2. The number of ether oxygens (including phenoxy) is 2. The lowest BCUT2D eigenvalue weighted by atomic mass is 10.1. The van der Waals surface area contributed by atoms with E-state index in [0.29, 0.717) is 25.2 Å². The second kappa shape index (κ2) is 8.20. The number of Topliss-reactive ketones (excluding diaryl/α,β-unsaturated/α-hetero) is 1. The van der Waals surface area contributed by atoms with Crippen LogP contribution in [-0.4, -0.2) is 31.6 Å². The third-order valence-electron chi connectivity index (χ3n) is 2.12. The van der Waals surface area contributed by atoms with Crippen LogP contribution < -0.4 is 0 Å². The first-order chi connectivity index (χ1) is 8.75. The Hall–Kier alpha value is -1.94. The summed E-state index contributed by atoms with van der Waals surface area (Å²) in [6.45, 7) is 4.62. The minimum Gasteiger partial charge on any atom is -0.460 e. The van der Waals surface area contributed by atoms with E-state index in [1.165, 1.54) is 0 Å². The molecule has 0 amide bonds. The van der Waals surface area contributed by atoms with Gasteiger partial charge in [-0.05, 0) is 0 Å². The monoisotopic (exact) mass is 248 g/mol. The van der Waals surface area contributed by atoms with Crippen LogP contribution in [-0.2, 0) is 14.3 Å².